The Bertz CT molecular complexity index is 156. The number of rotatable bonds is 6. The van der Waals surface area contributed by atoms with Crippen LogP contribution in [0.25, 0.3) is 0 Å². The third-order valence-corrected chi connectivity index (χ3v) is 2.98. The predicted molar refractivity (Wildman–Crippen MR) is 62.1 cm³/mol. The van der Waals surface area contributed by atoms with Crippen LogP contribution in [0.2, 0.25) is 0 Å². The first-order valence-electron chi connectivity index (χ1n) is 6.15. The smallest absolute Gasteiger partial charge is 0.0622 e. The standard InChI is InChI=1S/C12H25NO2/c1-4-14-9-12(10(2)3)13-11-5-7-15-8-6-11/h10-13H,4-9H2,1-3H3. The maximum atomic E-state index is 5.50. The molecule has 90 valence electrons. The van der Waals surface area contributed by atoms with E-state index in [9.17, 15) is 0 Å². The third-order valence-electron chi connectivity index (χ3n) is 2.98. The van der Waals surface area contributed by atoms with Gasteiger partial charge >= 0.3 is 0 Å². The lowest BCUT2D eigenvalue weighted by Crippen LogP contribution is -2.46. The number of hydrogen-bond donors (Lipinski definition) is 1. The van der Waals surface area contributed by atoms with Gasteiger partial charge in [0, 0.05) is 31.9 Å². The highest BCUT2D eigenvalue weighted by Gasteiger charge is 2.20. The molecular formula is C12H25NO2. The Balaban J connectivity index is 2.28. The molecule has 15 heavy (non-hydrogen) atoms. The lowest BCUT2D eigenvalue weighted by molar-refractivity contribution is 0.0584. The molecule has 3 nitrogen and oxygen atoms in total. The summed E-state index contributed by atoms with van der Waals surface area (Å²) in [5.41, 5.74) is 0. The first kappa shape index (κ1) is 12.9. The Morgan fingerprint density at radius 1 is 1.33 bits per heavy atom. The van der Waals surface area contributed by atoms with Crippen molar-refractivity contribution >= 4 is 0 Å². The Hall–Kier alpha value is -0.120. The van der Waals surface area contributed by atoms with Crippen molar-refractivity contribution in [3.63, 3.8) is 0 Å². The van der Waals surface area contributed by atoms with Gasteiger partial charge in [0.25, 0.3) is 0 Å². The van der Waals surface area contributed by atoms with E-state index in [2.05, 4.69) is 19.2 Å². The van der Waals surface area contributed by atoms with E-state index < -0.39 is 0 Å². The second kappa shape index (κ2) is 7.20. The monoisotopic (exact) mass is 215 g/mol. The molecule has 0 amide bonds. The summed E-state index contributed by atoms with van der Waals surface area (Å²) in [6, 6.07) is 1.10. The number of ether oxygens (including phenoxy) is 2. The predicted octanol–water partition coefficient (Wildman–Crippen LogP) is 1.82. The van der Waals surface area contributed by atoms with Crippen molar-refractivity contribution in [3.05, 3.63) is 0 Å². The molecule has 1 aliphatic rings. The van der Waals surface area contributed by atoms with E-state index in [0.717, 1.165) is 39.3 Å². The van der Waals surface area contributed by atoms with Gasteiger partial charge in [0.2, 0.25) is 0 Å². The molecule has 0 bridgehead atoms. The molecule has 0 aromatic rings. The molecule has 1 heterocycles. The molecule has 0 aromatic heterocycles. The molecule has 0 saturated carbocycles. The van der Waals surface area contributed by atoms with Gasteiger partial charge in [-0.1, -0.05) is 13.8 Å². The molecule has 1 saturated heterocycles. The number of nitrogens with one attached hydrogen (secondary N) is 1. The van der Waals surface area contributed by atoms with E-state index in [1.165, 1.54) is 0 Å². The molecule has 1 rings (SSSR count). The zero-order valence-electron chi connectivity index (χ0n) is 10.3. The summed E-state index contributed by atoms with van der Waals surface area (Å²) in [4.78, 5) is 0. The van der Waals surface area contributed by atoms with Crippen molar-refractivity contribution in [2.24, 2.45) is 5.92 Å². The largest absolute Gasteiger partial charge is 0.381 e. The number of hydrogen-bond acceptors (Lipinski definition) is 3. The molecule has 0 aromatic carbocycles. The van der Waals surface area contributed by atoms with Gasteiger partial charge < -0.3 is 14.8 Å². The fourth-order valence-corrected chi connectivity index (χ4v) is 1.84. The molecule has 0 radical (unpaired) electrons. The second-order valence-electron chi connectivity index (χ2n) is 4.56. The summed E-state index contributed by atoms with van der Waals surface area (Å²) in [7, 11) is 0. The van der Waals surface area contributed by atoms with E-state index in [0.29, 0.717) is 18.0 Å². The Kier molecular flexibility index (Phi) is 6.22. The van der Waals surface area contributed by atoms with Gasteiger partial charge in [0.15, 0.2) is 0 Å². The van der Waals surface area contributed by atoms with Crippen molar-refractivity contribution in [1.82, 2.24) is 5.32 Å². The SMILES string of the molecule is CCOCC(NC1CCOCC1)C(C)C. The van der Waals surface area contributed by atoms with E-state index >= 15 is 0 Å². The first-order valence-corrected chi connectivity index (χ1v) is 6.15. The quantitative estimate of drug-likeness (QED) is 0.733. The van der Waals surface area contributed by atoms with Crippen molar-refractivity contribution in [2.75, 3.05) is 26.4 Å². The van der Waals surface area contributed by atoms with Gasteiger partial charge in [-0.05, 0) is 25.7 Å². The van der Waals surface area contributed by atoms with Crippen LogP contribution in [0.15, 0.2) is 0 Å². The highest BCUT2D eigenvalue weighted by molar-refractivity contribution is 4.78. The molecule has 1 N–H and O–H groups in total. The van der Waals surface area contributed by atoms with Crippen LogP contribution in [0.1, 0.15) is 33.6 Å². The second-order valence-corrected chi connectivity index (χ2v) is 4.56. The minimum atomic E-state index is 0.480. The normalized spacial score (nSPS) is 20.8. The highest BCUT2D eigenvalue weighted by atomic mass is 16.5. The summed E-state index contributed by atoms with van der Waals surface area (Å²) in [5, 5.41) is 3.69. The van der Waals surface area contributed by atoms with Gasteiger partial charge in [-0.3, -0.25) is 0 Å². The van der Waals surface area contributed by atoms with Crippen LogP contribution in [0.3, 0.4) is 0 Å². The average Bonchev–Trinajstić information content (AvgIpc) is 2.25. The molecule has 3 heteroatoms. The fraction of sp³-hybridized carbons (Fsp3) is 1.00. The molecular weight excluding hydrogens is 190 g/mol. The zero-order valence-corrected chi connectivity index (χ0v) is 10.3. The lowest BCUT2D eigenvalue weighted by atomic mass is 10.0. The Labute approximate surface area is 93.5 Å². The van der Waals surface area contributed by atoms with Crippen LogP contribution >= 0.6 is 0 Å². The molecule has 1 aliphatic heterocycles. The molecule has 0 spiro atoms. The summed E-state index contributed by atoms with van der Waals surface area (Å²) in [6.07, 6.45) is 2.27. The summed E-state index contributed by atoms with van der Waals surface area (Å²) >= 11 is 0. The molecule has 1 atom stereocenters. The summed E-state index contributed by atoms with van der Waals surface area (Å²) < 4.78 is 10.9. The van der Waals surface area contributed by atoms with Gasteiger partial charge in [-0.2, -0.15) is 0 Å². The van der Waals surface area contributed by atoms with Gasteiger partial charge in [0.05, 0.1) is 6.61 Å². The van der Waals surface area contributed by atoms with Crippen LogP contribution in [0.4, 0.5) is 0 Å². The molecule has 1 unspecified atom stereocenters. The third kappa shape index (κ3) is 4.96. The average molecular weight is 215 g/mol. The molecule has 0 aliphatic carbocycles. The van der Waals surface area contributed by atoms with Crippen molar-refractivity contribution in [3.8, 4) is 0 Å². The van der Waals surface area contributed by atoms with E-state index in [4.69, 9.17) is 9.47 Å². The van der Waals surface area contributed by atoms with Crippen LogP contribution in [-0.4, -0.2) is 38.5 Å². The van der Waals surface area contributed by atoms with Crippen LogP contribution in [0, 0.1) is 5.92 Å². The first-order chi connectivity index (χ1) is 7.24. The van der Waals surface area contributed by atoms with E-state index in [1.54, 1.807) is 0 Å². The van der Waals surface area contributed by atoms with Crippen LogP contribution < -0.4 is 5.32 Å². The fourth-order valence-electron chi connectivity index (χ4n) is 1.84. The van der Waals surface area contributed by atoms with Crippen LogP contribution in [0.5, 0.6) is 0 Å². The summed E-state index contributed by atoms with van der Waals surface area (Å²) in [5.74, 6) is 0.624. The highest BCUT2D eigenvalue weighted by Crippen LogP contribution is 2.10. The van der Waals surface area contributed by atoms with E-state index in [-0.39, 0.29) is 0 Å². The Morgan fingerprint density at radius 3 is 2.53 bits per heavy atom. The zero-order chi connectivity index (χ0) is 11.1. The van der Waals surface area contributed by atoms with Crippen molar-refractivity contribution < 1.29 is 9.47 Å². The van der Waals surface area contributed by atoms with Crippen molar-refractivity contribution in [1.29, 1.82) is 0 Å². The topological polar surface area (TPSA) is 30.5 Å². The lowest BCUT2D eigenvalue weighted by Gasteiger charge is -2.30. The maximum absolute atomic E-state index is 5.50. The van der Waals surface area contributed by atoms with Gasteiger partial charge in [0.1, 0.15) is 0 Å². The maximum Gasteiger partial charge on any atom is 0.0622 e. The summed E-state index contributed by atoms with van der Waals surface area (Å²) in [6.45, 7) is 9.97. The minimum Gasteiger partial charge on any atom is -0.381 e. The molecule has 1 fully saturated rings. The van der Waals surface area contributed by atoms with Gasteiger partial charge in [-0.15, -0.1) is 0 Å². The minimum absolute atomic E-state index is 0.480. The van der Waals surface area contributed by atoms with E-state index in [1.807, 2.05) is 6.92 Å². The van der Waals surface area contributed by atoms with Gasteiger partial charge in [-0.25, -0.2) is 0 Å². The Morgan fingerprint density at radius 2 is 2.00 bits per heavy atom. The van der Waals surface area contributed by atoms with Crippen LogP contribution in [-0.2, 0) is 9.47 Å². The van der Waals surface area contributed by atoms with Crippen molar-refractivity contribution in [2.45, 2.75) is 45.7 Å².